The maximum absolute atomic E-state index is 11.0. The van der Waals surface area contributed by atoms with E-state index >= 15 is 0 Å². The first kappa shape index (κ1) is 12.9. The molecule has 0 aliphatic heterocycles. The van der Waals surface area contributed by atoms with E-state index in [0.717, 1.165) is 16.9 Å². The van der Waals surface area contributed by atoms with E-state index < -0.39 is 5.97 Å². The van der Waals surface area contributed by atoms with Gasteiger partial charge < -0.3 is 10.8 Å². The number of anilines is 1. The number of hydrogen-bond donors (Lipinski definition) is 2. The molecule has 1 unspecified atom stereocenters. The summed E-state index contributed by atoms with van der Waals surface area (Å²) in [4.78, 5) is 12.0. The van der Waals surface area contributed by atoms with Crippen LogP contribution in [-0.4, -0.2) is 16.3 Å². The number of hydrogen-bond acceptors (Lipinski definition) is 3. The highest BCUT2D eigenvalue weighted by molar-refractivity contribution is 8.00. The fourth-order valence-corrected chi connectivity index (χ4v) is 2.62. The van der Waals surface area contributed by atoms with Crippen LogP contribution >= 0.6 is 11.8 Å². The molecule has 1 aromatic carbocycles. The number of carbonyl (C=O) groups is 1. The number of benzene rings is 1. The molecule has 0 amide bonds. The van der Waals surface area contributed by atoms with Crippen molar-refractivity contribution in [3.8, 4) is 0 Å². The Morgan fingerprint density at radius 2 is 2.25 bits per heavy atom. The molecule has 1 rings (SSSR count). The fourth-order valence-electron chi connectivity index (χ4n) is 1.41. The van der Waals surface area contributed by atoms with Crippen LogP contribution in [0.3, 0.4) is 0 Å². The third-order valence-electron chi connectivity index (χ3n) is 2.42. The summed E-state index contributed by atoms with van der Waals surface area (Å²) >= 11 is 1.38. The Bertz CT molecular complexity index is 379. The second-order valence-electron chi connectivity index (χ2n) is 3.70. The first-order valence-corrected chi connectivity index (χ1v) is 6.18. The van der Waals surface area contributed by atoms with Crippen LogP contribution in [0, 0.1) is 6.92 Å². The van der Waals surface area contributed by atoms with E-state index in [1.54, 1.807) is 0 Å². The average Bonchev–Trinajstić information content (AvgIpc) is 2.23. The van der Waals surface area contributed by atoms with Gasteiger partial charge in [-0.1, -0.05) is 19.4 Å². The molecule has 0 aromatic heterocycles. The summed E-state index contributed by atoms with van der Waals surface area (Å²) in [7, 11) is 0. The molecule has 0 saturated heterocycles. The van der Waals surface area contributed by atoms with Crippen LogP contribution in [0.15, 0.2) is 23.1 Å². The largest absolute Gasteiger partial charge is 0.480 e. The van der Waals surface area contributed by atoms with Crippen molar-refractivity contribution in [2.24, 2.45) is 0 Å². The highest BCUT2D eigenvalue weighted by atomic mass is 32.2. The zero-order valence-electron chi connectivity index (χ0n) is 9.56. The standard InChI is InChI=1S/C12H17NO2S/c1-3-5-11(12(14)15)16-10-7-4-6-9(13)8(10)2/h4,6-7,11H,3,5,13H2,1-2H3,(H,14,15). The average molecular weight is 239 g/mol. The Balaban J connectivity index is 2.85. The molecule has 0 fully saturated rings. The van der Waals surface area contributed by atoms with Crippen LogP contribution < -0.4 is 5.73 Å². The number of carboxylic acid groups (broad SMARTS) is 1. The molecule has 0 spiro atoms. The van der Waals surface area contributed by atoms with Crippen molar-refractivity contribution in [2.45, 2.75) is 36.8 Å². The molecule has 1 aromatic rings. The molecule has 4 heteroatoms. The van der Waals surface area contributed by atoms with Crippen LogP contribution in [0.25, 0.3) is 0 Å². The van der Waals surface area contributed by atoms with Crippen molar-refractivity contribution < 1.29 is 9.90 Å². The molecule has 0 saturated carbocycles. The van der Waals surface area contributed by atoms with Gasteiger partial charge in [-0.25, -0.2) is 0 Å². The molecular weight excluding hydrogens is 222 g/mol. The predicted octanol–water partition coefficient (Wildman–Crippen LogP) is 2.92. The molecule has 16 heavy (non-hydrogen) atoms. The fraction of sp³-hybridized carbons (Fsp3) is 0.417. The second-order valence-corrected chi connectivity index (χ2v) is 4.95. The van der Waals surface area contributed by atoms with Gasteiger partial charge >= 0.3 is 5.97 Å². The van der Waals surface area contributed by atoms with Gasteiger partial charge in [0.05, 0.1) is 0 Å². The zero-order chi connectivity index (χ0) is 12.1. The highest BCUT2D eigenvalue weighted by Crippen LogP contribution is 2.31. The minimum Gasteiger partial charge on any atom is -0.480 e. The first-order valence-electron chi connectivity index (χ1n) is 5.30. The molecule has 0 aliphatic carbocycles. The van der Waals surface area contributed by atoms with Crippen molar-refractivity contribution in [1.82, 2.24) is 0 Å². The van der Waals surface area contributed by atoms with Gasteiger partial charge in [-0.05, 0) is 31.0 Å². The van der Waals surface area contributed by atoms with Crippen LogP contribution in [-0.2, 0) is 4.79 Å². The molecule has 88 valence electrons. The highest BCUT2D eigenvalue weighted by Gasteiger charge is 2.18. The minimum atomic E-state index is -0.756. The van der Waals surface area contributed by atoms with Gasteiger partial charge in [0.25, 0.3) is 0 Å². The second kappa shape index (κ2) is 5.80. The Kier molecular flexibility index (Phi) is 4.68. The van der Waals surface area contributed by atoms with Crippen molar-refractivity contribution in [3.05, 3.63) is 23.8 Å². The van der Waals surface area contributed by atoms with Crippen LogP contribution in [0.1, 0.15) is 25.3 Å². The van der Waals surface area contributed by atoms with Gasteiger partial charge in [-0.15, -0.1) is 11.8 Å². The van der Waals surface area contributed by atoms with Crippen LogP contribution in [0.4, 0.5) is 5.69 Å². The molecular formula is C12H17NO2S. The number of thioether (sulfide) groups is 1. The van der Waals surface area contributed by atoms with Crippen LogP contribution in [0.2, 0.25) is 0 Å². The summed E-state index contributed by atoms with van der Waals surface area (Å²) in [6, 6.07) is 5.60. The Labute approximate surface area is 100 Å². The minimum absolute atomic E-state index is 0.384. The van der Waals surface area contributed by atoms with E-state index in [1.807, 2.05) is 32.0 Å². The van der Waals surface area contributed by atoms with Gasteiger partial charge in [0.1, 0.15) is 5.25 Å². The Hall–Kier alpha value is -1.16. The van der Waals surface area contributed by atoms with Crippen molar-refractivity contribution in [1.29, 1.82) is 0 Å². The van der Waals surface area contributed by atoms with E-state index in [4.69, 9.17) is 10.8 Å². The van der Waals surface area contributed by atoms with Gasteiger partial charge in [0.2, 0.25) is 0 Å². The molecule has 1 atom stereocenters. The SMILES string of the molecule is CCCC(Sc1cccc(N)c1C)C(=O)O. The molecule has 0 heterocycles. The number of carboxylic acids is 1. The molecule has 3 nitrogen and oxygen atoms in total. The molecule has 0 bridgehead atoms. The summed E-state index contributed by atoms with van der Waals surface area (Å²) in [6.07, 6.45) is 1.54. The maximum atomic E-state index is 11.0. The number of nitrogen functional groups attached to an aromatic ring is 1. The van der Waals surface area contributed by atoms with Gasteiger partial charge in [-0.2, -0.15) is 0 Å². The summed E-state index contributed by atoms with van der Waals surface area (Å²) in [5.74, 6) is -0.756. The topological polar surface area (TPSA) is 63.3 Å². The number of rotatable bonds is 5. The van der Waals surface area contributed by atoms with E-state index in [2.05, 4.69) is 0 Å². The zero-order valence-corrected chi connectivity index (χ0v) is 10.4. The van der Waals surface area contributed by atoms with Gasteiger partial charge in [0.15, 0.2) is 0 Å². The summed E-state index contributed by atoms with van der Waals surface area (Å²) in [6.45, 7) is 3.91. The van der Waals surface area contributed by atoms with Crippen molar-refractivity contribution in [2.75, 3.05) is 5.73 Å². The number of nitrogens with two attached hydrogens (primary N) is 1. The third-order valence-corrected chi connectivity index (χ3v) is 3.84. The van der Waals surface area contributed by atoms with Crippen molar-refractivity contribution >= 4 is 23.4 Å². The quantitative estimate of drug-likeness (QED) is 0.612. The Morgan fingerprint density at radius 1 is 1.56 bits per heavy atom. The summed E-state index contributed by atoms with van der Waals surface area (Å²) < 4.78 is 0. The van der Waals surface area contributed by atoms with Crippen molar-refractivity contribution in [3.63, 3.8) is 0 Å². The monoisotopic (exact) mass is 239 g/mol. The van der Waals surface area contributed by atoms with E-state index in [-0.39, 0.29) is 5.25 Å². The van der Waals surface area contributed by atoms with E-state index in [0.29, 0.717) is 12.1 Å². The molecule has 0 aliphatic rings. The normalized spacial score (nSPS) is 12.4. The van der Waals surface area contributed by atoms with E-state index in [1.165, 1.54) is 11.8 Å². The lowest BCUT2D eigenvalue weighted by Crippen LogP contribution is -2.16. The van der Waals surface area contributed by atoms with E-state index in [9.17, 15) is 4.79 Å². The third kappa shape index (κ3) is 3.17. The lowest BCUT2D eigenvalue weighted by Gasteiger charge is -2.13. The summed E-state index contributed by atoms with van der Waals surface area (Å²) in [5.41, 5.74) is 7.47. The maximum Gasteiger partial charge on any atom is 0.316 e. The molecule has 0 radical (unpaired) electrons. The van der Waals surface area contributed by atoms with Crippen LogP contribution in [0.5, 0.6) is 0 Å². The number of aliphatic carboxylic acids is 1. The summed E-state index contributed by atoms with van der Waals surface area (Å²) in [5, 5.41) is 8.69. The van der Waals surface area contributed by atoms with Gasteiger partial charge in [0, 0.05) is 10.6 Å². The first-order chi connectivity index (χ1) is 7.56. The lowest BCUT2D eigenvalue weighted by atomic mass is 10.2. The van der Waals surface area contributed by atoms with Gasteiger partial charge in [-0.3, -0.25) is 4.79 Å². The Morgan fingerprint density at radius 3 is 2.81 bits per heavy atom. The lowest BCUT2D eigenvalue weighted by molar-refractivity contribution is -0.136. The smallest absolute Gasteiger partial charge is 0.316 e. The molecule has 3 N–H and O–H groups in total. The predicted molar refractivity (Wildman–Crippen MR) is 67.8 cm³/mol.